The average Bonchev–Trinajstić information content (AvgIpc) is 2.84. The molecule has 2 aliphatic carbocycles. The van der Waals surface area contributed by atoms with Crippen LogP contribution in [-0.2, 0) is 23.2 Å². The third kappa shape index (κ3) is 5.85. The molecule has 2 rings (SSSR count). The van der Waals surface area contributed by atoms with Gasteiger partial charge in [-0.3, -0.25) is 0 Å². The van der Waals surface area contributed by atoms with Gasteiger partial charge in [-0.1, -0.05) is 0 Å². The zero-order valence-electron chi connectivity index (χ0n) is 14.0. The Bertz CT molecular complexity index is 448. The van der Waals surface area contributed by atoms with Gasteiger partial charge in [-0.05, 0) is 0 Å². The third-order valence-electron chi connectivity index (χ3n) is 3.80. The molecular weight excluding hydrogens is 378 g/mol. The molecule has 21 heavy (non-hydrogen) atoms. The quantitative estimate of drug-likeness (QED) is 0.588. The van der Waals surface area contributed by atoms with Gasteiger partial charge in [0.25, 0.3) is 0 Å². The summed E-state index contributed by atoms with van der Waals surface area (Å²) in [6.45, 7) is 13.9. The molecule has 0 unspecified atom stereocenters. The number of hydrogen-bond acceptors (Lipinski definition) is 0. The van der Waals surface area contributed by atoms with Crippen molar-refractivity contribution >= 4 is 0 Å². The van der Waals surface area contributed by atoms with Crippen LogP contribution in [0.1, 0.15) is 54.4 Å². The third-order valence-corrected chi connectivity index (χ3v) is 7.09. The fraction of sp³-hybridized carbons (Fsp3) is 0.556. The van der Waals surface area contributed by atoms with E-state index in [1.807, 2.05) is 0 Å². The molecule has 0 aromatic rings. The van der Waals surface area contributed by atoms with E-state index in [4.69, 9.17) is 0 Å². The Kier molecular flexibility index (Phi) is 7.96. The van der Waals surface area contributed by atoms with Gasteiger partial charge in [0.05, 0.1) is 0 Å². The Morgan fingerprint density at radius 2 is 1.05 bits per heavy atom. The summed E-state index contributed by atoms with van der Waals surface area (Å²) >= 11 is -0.501. The van der Waals surface area contributed by atoms with Crippen LogP contribution in [0.15, 0.2) is 42.0 Å². The number of halogens is 2. The summed E-state index contributed by atoms with van der Waals surface area (Å²) in [7, 11) is 0. The molecule has 0 saturated heterocycles. The fourth-order valence-electron chi connectivity index (χ4n) is 2.48. The van der Waals surface area contributed by atoms with Crippen molar-refractivity contribution in [1.29, 1.82) is 0 Å². The van der Waals surface area contributed by atoms with Crippen molar-refractivity contribution in [3.05, 3.63) is 42.0 Å². The topological polar surface area (TPSA) is 0 Å². The molecule has 0 heterocycles. The second-order valence-corrected chi connectivity index (χ2v) is 11.5. The van der Waals surface area contributed by atoms with Crippen molar-refractivity contribution in [2.45, 2.75) is 54.4 Å². The monoisotopic (exact) mass is 402 g/mol. The van der Waals surface area contributed by atoms with Crippen molar-refractivity contribution < 1.29 is 48.0 Å². The Hall–Kier alpha value is 0.423. The molecule has 0 aromatic heterocycles. The van der Waals surface area contributed by atoms with Crippen LogP contribution in [0.5, 0.6) is 0 Å². The van der Waals surface area contributed by atoms with Crippen molar-refractivity contribution in [2.24, 2.45) is 10.8 Å². The van der Waals surface area contributed by atoms with E-state index in [9.17, 15) is 0 Å². The molecule has 0 saturated carbocycles. The van der Waals surface area contributed by atoms with E-state index >= 15 is 0 Å². The van der Waals surface area contributed by atoms with Gasteiger partial charge in [0.15, 0.2) is 0 Å². The maximum Gasteiger partial charge on any atom is -1.00 e. The normalized spacial score (nSPS) is 17.8. The van der Waals surface area contributed by atoms with E-state index < -0.39 is 23.2 Å². The maximum absolute atomic E-state index is 2.50. The summed E-state index contributed by atoms with van der Waals surface area (Å²) in [5, 5.41) is 0. The molecule has 2 aliphatic rings. The van der Waals surface area contributed by atoms with Gasteiger partial charge in [-0.15, -0.1) is 0 Å². The van der Waals surface area contributed by atoms with E-state index in [0.29, 0.717) is 10.8 Å². The van der Waals surface area contributed by atoms with Gasteiger partial charge >= 0.3 is 130 Å². The molecule has 0 aromatic carbocycles. The molecule has 0 atom stereocenters. The maximum atomic E-state index is 2.50. The van der Waals surface area contributed by atoms with Gasteiger partial charge in [-0.2, -0.15) is 0 Å². The molecule has 116 valence electrons. The van der Waals surface area contributed by atoms with Gasteiger partial charge in [0, 0.05) is 0 Å². The predicted octanol–water partition coefficient (Wildman–Crippen LogP) is -0.403. The first kappa shape index (κ1) is 21.4. The zero-order chi connectivity index (χ0) is 14.3. The minimum absolute atomic E-state index is 0. The summed E-state index contributed by atoms with van der Waals surface area (Å²) in [6, 6.07) is 0. The smallest absolute Gasteiger partial charge is 1.00 e. The largest absolute Gasteiger partial charge is 1.00 e. The molecule has 0 radical (unpaired) electrons. The van der Waals surface area contributed by atoms with Crippen molar-refractivity contribution in [1.82, 2.24) is 0 Å². The summed E-state index contributed by atoms with van der Waals surface area (Å²) in [4.78, 5) is 0. The van der Waals surface area contributed by atoms with Gasteiger partial charge < -0.3 is 24.8 Å². The minimum Gasteiger partial charge on any atom is -1.00 e. The van der Waals surface area contributed by atoms with Crippen LogP contribution < -0.4 is 24.8 Å². The van der Waals surface area contributed by atoms with Crippen LogP contribution in [0, 0.1) is 10.8 Å². The number of allylic oxidation sites excluding steroid dienone is 8. The predicted molar refractivity (Wildman–Crippen MR) is 80.5 cm³/mol. The Labute approximate surface area is 154 Å². The summed E-state index contributed by atoms with van der Waals surface area (Å²) < 4.78 is 3.51. The van der Waals surface area contributed by atoms with Gasteiger partial charge in [0.2, 0.25) is 0 Å². The first-order chi connectivity index (χ1) is 8.66. The van der Waals surface area contributed by atoms with Gasteiger partial charge in [0.1, 0.15) is 0 Å². The second-order valence-electron chi connectivity index (χ2n) is 7.69. The van der Waals surface area contributed by atoms with Crippen molar-refractivity contribution in [2.75, 3.05) is 0 Å². The minimum atomic E-state index is -0.501. The van der Waals surface area contributed by atoms with E-state index in [-0.39, 0.29) is 24.8 Å². The summed E-state index contributed by atoms with van der Waals surface area (Å²) in [5.74, 6) is 0. The Morgan fingerprint density at radius 3 is 1.29 bits per heavy atom. The average molecular weight is 405 g/mol. The molecule has 0 spiro atoms. The van der Waals surface area contributed by atoms with Crippen LogP contribution in [0.3, 0.4) is 0 Å². The Balaban J connectivity index is 0.00000200. The standard InChI is InChI=1S/2C9H13.2ClH.Zr/c2*1-9(2,3)8-6-4-5-7-8;;;/h2*6-7H,4H2,1-3H3;2*1H;/q;;;;+2/p-2. The van der Waals surface area contributed by atoms with Crippen LogP contribution in [0.4, 0.5) is 0 Å². The van der Waals surface area contributed by atoms with Crippen LogP contribution in [0.2, 0.25) is 0 Å². The van der Waals surface area contributed by atoms with Crippen LogP contribution >= 0.6 is 0 Å². The second kappa shape index (κ2) is 7.80. The first-order valence-corrected chi connectivity index (χ1v) is 9.71. The van der Waals surface area contributed by atoms with Gasteiger partial charge in [-0.25, -0.2) is 0 Å². The van der Waals surface area contributed by atoms with Crippen molar-refractivity contribution in [3.63, 3.8) is 0 Å². The molecule has 0 fully saturated rings. The van der Waals surface area contributed by atoms with Crippen molar-refractivity contribution in [3.8, 4) is 0 Å². The molecule has 3 heteroatoms. The summed E-state index contributed by atoms with van der Waals surface area (Å²) in [6.07, 6.45) is 12.3. The van der Waals surface area contributed by atoms with Crippen LogP contribution in [-0.4, -0.2) is 0 Å². The van der Waals surface area contributed by atoms with E-state index in [0.717, 1.165) is 0 Å². The zero-order valence-corrected chi connectivity index (χ0v) is 17.9. The summed E-state index contributed by atoms with van der Waals surface area (Å²) in [5.41, 5.74) is 3.73. The fourth-order valence-corrected chi connectivity index (χ4v) is 5.61. The molecule has 0 amide bonds. The Morgan fingerprint density at radius 1 is 0.714 bits per heavy atom. The molecule has 0 N–H and O–H groups in total. The van der Waals surface area contributed by atoms with Crippen LogP contribution in [0.25, 0.3) is 0 Å². The van der Waals surface area contributed by atoms with E-state index in [2.05, 4.69) is 65.8 Å². The van der Waals surface area contributed by atoms with E-state index in [1.54, 1.807) is 17.7 Å². The molecule has 0 bridgehead atoms. The number of hydrogen-bond donors (Lipinski definition) is 0. The SMILES string of the molecule is CC(C)(C)C1=CC[C]([Zr+2][C]2=CC(C(C)(C)C)=CC2)=C1.[Cl-].[Cl-]. The molecule has 0 aliphatic heterocycles. The number of rotatable bonds is 2. The first-order valence-electron chi connectivity index (χ1n) is 7.26. The molecular formula is C18H26Cl2Zr. The molecule has 0 nitrogen and oxygen atoms in total. The van der Waals surface area contributed by atoms with E-state index in [1.165, 1.54) is 12.8 Å².